The van der Waals surface area contributed by atoms with Gasteiger partial charge in [0, 0.05) is 4.47 Å². The van der Waals surface area contributed by atoms with Gasteiger partial charge in [-0.25, -0.2) is 0 Å². The van der Waals surface area contributed by atoms with Crippen molar-refractivity contribution in [2.24, 2.45) is 11.8 Å². The van der Waals surface area contributed by atoms with Gasteiger partial charge in [0.05, 0.1) is 18.4 Å². The second-order valence-corrected chi connectivity index (χ2v) is 5.95. The van der Waals surface area contributed by atoms with Crippen LogP contribution in [0.15, 0.2) is 28.7 Å². The van der Waals surface area contributed by atoms with Gasteiger partial charge in [0.15, 0.2) is 0 Å². The molecule has 2 atom stereocenters. The molecule has 0 N–H and O–H groups in total. The van der Waals surface area contributed by atoms with E-state index in [2.05, 4.69) is 15.9 Å². The summed E-state index contributed by atoms with van der Waals surface area (Å²) in [5.74, 6) is -0.00302. The third-order valence-electron chi connectivity index (χ3n) is 3.94. The predicted octanol–water partition coefficient (Wildman–Crippen LogP) is 2.73. The maximum atomic E-state index is 12.2. The Bertz CT molecular complexity index is 475. The summed E-state index contributed by atoms with van der Waals surface area (Å²) in [4.78, 5) is 25.8. The lowest BCUT2D eigenvalue weighted by Gasteiger charge is -2.15. The van der Waals surface area contributed by atoms with E-state index >= 15 is 0 Å². The summed E-state index contributed by atoms with van der Waals surface area (Å²) in [6.07, 6.45) is 2.77. The number of imide groups is 1. The second-order valence-electron chi connectivity index (χ2n) is 5.03. The van der Waals surface area contributed by atoms with Crippen molar-refractivity contribution in [3.8, 4) is 0 Å². The Labute approximate surface area is 114 Å². The van der Waals surface area contributed by atoms with Crippen molar-refractivity contribution in [3.63, 3.8) is 0 Å². The van der Waals surface area contributed by atoms with Crippen LogP contribution in [0.25, 0.3) is 0 Å². The topological polar surface area (TPSA) is 37.4 Å². The third kappa shape index (κ3) is 1.88. The van der Waals surface area contributed by atoms with E-state index in [1.54, 1.807) is 0 Å². The number of benzene rings is 1. The first kappa shape index (κ1) is 11.9. The Morgan fingerprint density at radius 1 is 1.06 bits per heavy atom. The molecule has 0 bridgehead atoms. The molecule has 2 amide bonds. The summed E-state index contributed by atoms with van der Waals surface area (Å²) in [5, 5.41) is 0. The van der Waals surface area contributed by atoms with E-state index in [0.717, 1.165) is 29.3 Å². The second kappa shape index (κ2) is 4.50. The fourth-order valence-electron chi connectivity index (χ4n) is 2.99. The fraction of sp³-hybridized carbons (Fsp3) is 0.429. The Balaban J connectivity index is 1.79. The van der Waals surface area contributed by atoms with Crippen LogP contribution in [0, 0.1) is 11.8 Å². The molecule has 1 aliphatic carbocycles. The highest BCUT2D eigenvalue weighted by molar-refractivity contribution is 9.10. The average molecular weight is 308 g/mol. The minimum absolute atomic E-state index is 0.0328. The van der Waals surface area contributed by atoms with Gasteiger partial charge in [-0.15, -0.1) is 0 Å². The lowest BCUT2D eigenvalue weighted by Crippen LogP contribution is -2.31. The standard InChI is InChI=1S/C14H14BrNO2/c15-10-6-4-9(5-7-10)8-16-13(17)11-2-1-3-12(11)14(16)18/h4-7,11-12H,1-3,8H2. The minimum Gasteiger partial charge on any atom is -0.278 e. The first-order chi connectivity index (χ1) is 8.66. The van der Waals surface area contributed by atoms with Crippen LogP contribution in [-0.2, 0) is 16.1 Å². The van der Waals surface area contributed by atoms with Crippen LogP contribution < -0.4 is 0 Å². The molecule has 1 heterocycles. The molecule has 3 rings (SSSR count). The molecule has 0 radical (unpaired) electrons. The summed E-state index contributed by atoms with van der Waals surface area (Å²) in [7, 11) is 0. The number of amides is 2. The zero-order valence-corrected chi connectivity index (χ0v) is 11.5. The summed E-state index contributed by atoms with van der Waals surface area (Å²) >= 11 is 3.37. The van der Waals surface area contributed by atoms with Crippen molar-refractivity contribution < 1.29 is 9.59 Å². The first-order valence-corrected chi connectivity index (χ1v) is 7.06. The molecule has 1 aliphatic heterocycles. The van der Waals surface area contributed by atoms with Crippen LogP contribution >= 0.6 is 15.9 Å². The highest BCUT2D eigenvalue weighted by Gasteiger charge is 2.49. The average Bonchev–Trinajstić information content (AvgIpc) is 2.92. The van der Waals surface area contributed by atoms with E-state index in [1.807, 2.05) is 24.3 Å². The molecule has 0 aromatic heterocycles. The van der Waals surface area contributed by atoms with E-state index in [0.29, 0.717) is 6.54 Å². The van der Waals surface area contributed by atoms with Crippen molar-refractivity contribution in [3.05, 3.63) is 34.3 Å². The molecule has 0 spiro atoms. The van der Waals surface area contributed by atoms with Crippen LogP contribution in [-0.4, -0.2) is 16.7 Å². The predicted molar refractivity (Wildman–Crippen MR) is 70.5 cm³/mol. The molecule has 94 valence electrons. The number of carbonyl (C=O) groups is 2. The largest absolute Gasteiger partial charge is 0.278 e. The lowest BCUT2D eigenvalue weighted by atomic mass is 10.00. The monoisotopic (exact) mass is 307 g/mol. The Kier molecular flexibility index (Phi) is 2.98. The van der Waals surface area contributed by atoms with Crippen molar-refractivity contribution in [2.45, 2.75) is 25.8 Å². The van der Waals surface area contributed by atoms with Gasteiger partial charge < -0.3 is 0 Å². The third-order valence-corrected chi connectivity index (χ3v) is 4.47. The fourth-order valence-corrected chi connectivity index (χ4v) is 3.25. The van der Waals surface area contributed by atoms with Gasteiger partial charge in [-0.05, 0) is 30.5 Å². The number of hydrogen-bond donors (Lipinski definition) is 0. The summed E-state index contributed by atoms with van der Waals surface area (Å²) in [5.41, 5.74) is 1.000. The molecule has 4 heteroatoms. The Morgan fingerprint density at radius 2 is 1.61 bits per heavy atom. The van der Waals surface area contributed by atoms with E-state index in [-0.39, 0.29) is 23.7 Å². The van der Waals surface area contributed by atoms with Gasteiger partial charge in [0.2, 0.25) is 11.8 Å². The van der Waals surface area contributed by atoms with E-state index in [9.17, 15) is 9.59 Å². The number of fused-ring (bicyclic) bond motifs is 1. The molecule has 18 heavy (non-hydrogen) atoms. The number of carbonyl (C=O) groups excluding carboxylic acids is 2. The lowest BCUT2D eigenvalue weighted by molar-refractivity contribution is -0.141. The zero-order chi connectivity index (χ0) is 12.7. The smallest absolute Gasteiger partial charge is 0.233 e. The van der Waals surface area contributed by atoms with Gasteiger partial charge in [-0.1, -0.05) is 34.5 Å². The maximum absolute atomic E-state index is 12.2. The molecule has 1 saturated heterocycles. The summed E-state index contributed by atoms with van der Waals surface area (Å²) < 4.78 is 1.00. The molecule has 1 saturated carbocycles. The van der Waals surface area contributed by atoms with Crippen LogP contribution in [0.5, 0.6) is 0 Å². The summed E-state index contributed by atoms with van der Waals surface area (Å²) in [6.45, 7) is 0.415. The molecule has 3 nitrogen and oxygen atoms in total. The van der Waals surface area contributed by atoms with Crippen molar-refractivity contribution in [1.82, 2.24) is 4.90 Å². The highest BCUT2D eigenvalue weighted by atomic mass is 79.9. The molecule has 1 aromatic rings. The van der Waals surface area contributed by atoms with E-state index in [1.165, 1.54) is 4.90 Å². The van der Waals surface area contributed by atoms with Gasteiger partial charge in [-0.2, -0.15) is 0 Å². The van der Waals surface area contributed by atoms with Crippen LogP contribution in [0.4, 0.5) is 0 Å². The Morgan fingerprint density at radius 3 is 2.17 bits per heavy atom. The van der Waals surface area contributed by atoms with Crippen LogP contribution in [0.3, 0.4) is 0 Å². The molecule has 1 aromatic carbocycles. The molecule has 2 aliphatic rings. The van der Waals surface area contributed by atoms with Gasteiger partial charge in [-0.3, -0.25) is 14.5 Å². The minimum atomic E-state index is -0.0343. The quantitative estimate of drug-likeness (QED) is 0.788. The van der Waals surface area contributed by atoms with Gasteiger partial charge >= 0.3 is 0 Å². The molecular weight excluding hydrogens is 294 g/mol. The van der Waals surface area contributed by atoms with Gasteiger partial charge in [0.25, 0.3) is 0 Å². The molecule has 2 fully saturated rings. The number of nitrogens with zero attached hydrogens (tertiary/aromatic N) is 1. The Hall–Kier alpha value is -1.16. The van der Waals surface area contributed by atoms with Crippen LogP contribution in [0.2, 0.25) is 0 Å². The van der Waals surface area contributed by atoms with Crippen molar-refractivity contribution in [1.29, 1.82) is 0 Å². The normalized spacial score (nSPS) is 26.8. The molecular formula is C14H14BrNO2. The number of hydrogen-bond acceptors (Lipinski definition) is 2. The molecule has 2 unspecified atom stereocenters. The van der Waals surface area contributed by atoms with Crippen molar-refractivity contribution in [2.75, 3.05) is 0 Å². The number of halogens is 1. The van der Waals surface area contributed by atoms with Gasteiger partial charge in [0.1, 0.15) is 0 Å². The SMILES string of the molecule is O=C1C2CCCC2C(=O)N1Cc1ccc(Br)cc1. The van der Waals surface area contributed by atoms with Crippen molar-refractivity contribution >= 4 is 27.7 Å². The van der Waals surface area contributed by atoms with E-state index < -0.39 is 0 Å². The summed E-state index contributed by atoms with van der Waals surface area (Å²) in [6, 6.07) is 7.75. The zero-order valence-electron chi connectivity index (χ0n) is 9.93. The highest BCUT2D eigenvalue weighted by Crippen LogP contribution is 2.40. The van der Waals surface area contributed by atoms with Crippen LogP contribution in [0.1, 0.15) is 24.8 Å². The maximum Gasteiger partial charge on any atom is 0.233 e. The number of rotatable bonds is 2. The first-order valence-electron chi connectivity index (χ1n) is 6.26. The number of likely N-dealkylation sites (tertiary alicyclic amines) is 1. The van der Waals surface area contributed by atoms with E-state index in [4.69, 9.17) is 0 Å².